The summed E-state index contributed by atoms with van der Waals surface area (Å²) in [5.74, 6) is 0.349. The monoisotopic (exact) mass is 466 g/mol. The molecule has 8 nitrogen and oxygen atoms in total. The summed E-state index contributed by atoms with van der Waals surface area (Å²) in [5.41, 5.74) is 7.49. The zero-order chi connectivity index (χ0) is 21.7. The van der Waals surface area contributed by atoms with E-state index in [4.69, 9.17) is 40.5 Å². The van der Waals surface area contributed by atoms with Crippen LogP contribution in [0.25, 0.3) is 0 Å². The molecule has 1 aromatic heterocycles. The van der Waals surface area contributed by atoms with Crippen molar-refractivity contribution in [2.24, 2.45) is 0 Å². The Kier molecular flexibility index (Phi) is 7.15. The Labute approximate surface area is 187 Å². The smallest absolute Gasteiger partial charge is 0.329 e. The molecular formula is C19H17Cl3N6O2. The number of hydrogen-bond donors (Lipinski definition) is 3. The first kappa shape index (κ1) is 21.9. The molecule has 0 atom stereocenters. The van der Waals surface area contributed by atoms with Crippen LogP contribution in [0.1, 0.15) is 12.0 Å². The second-order valence-electron chi connectivity index (χ2n) is 6.32. The van der Waals surface area contributed by atoms with Crippen LogP contribution in [-0.4, -0.2) is 21.4 Å². The van der Waals surface area contributed by atoms with Crippen molar-refractivity contribution in [2.45, 2.75) is 12.8 Å². The molecule has 0 aliphatic rings. The van der Waals surface area contributed by atoms with Gasteiger partial charge < -0.3 is 16.4 Å². The fourth-order valence-corrected chi connectivity index (χ4v) is 3.30. The van der Waals surface area contributed by atoms with Crippen molar-refractivity contribution in [1.29, 1.82) is 0 Å². The number of aromatic nitrogens is 2. The van der Waals surface area contributed by atoms with Crippen LogP contribution in [0.2, 0.25) is 15.1 Å². The average Bonchev–Trinajstić information content (AvgIpc) is 2.71. The van der Waals surface area contributed by atoms with E-state index in [2.05, 4.69) is 20.6 Å². The second-order valence-corrected chi connectivity index (χ2v) is 7.57. The van der Waals surface area contributed by atoms with Gasteiger partial charge in [-0.3, -0.25) is 10.1 Å². The number of nitrogens with one attached hydrogen (secondary N) is 2. The van der Waals surface area contributed by atoms with Crippen LogP contribution in [0.5, 0.6) is 0 Å². The molecule has 30 heavy (non-hydrogen) atoms. The van der Waals surface area contributed by atoms with E-state index < -0.39 is 4.92 Å². The van der Waals surface area contributed by atoms with E-state index in [1.165, 1.54) is 0 Å². The Balaban J connectivity index is 1.66. The van der Waals surface area contributed by atoms with E-state index in [0.717, 1.165) is 11.8 Å². The molecule has 0 radical (unpaired) electrons. The summed E-state index contributed by atoms with van der Waals surface area (Å²) in [6.45, 7) is 0.442. The Bertz CT molecular complexity index is 1040. The molecule has 0 fully saturated rings. The van der Waals surface area contributed by atoms with Crippen molar-refractivity contribution >= 4 is 63.6 Å². The van der Waals surface area contributed by atoms with Crippen LogP contribution >= 0.6 is 34.8 Å². The molecule has 0 unspecified atom stereocenters. The zero-order valence-electron chi connectivity index (χ0n) is 15.5. The molecule has 1 heterocycles. The Morgan fingerprint density at radius 3 is 2.40 bits per heavy atom. The topological polar surface area (TPSA) is 119 Å². The lowest BCUT2D eigenvalue weighted by atomic mass is 10.1. The quantitative estimate of drug-likeness (QED) is 0.168. The predicted molar refractivity (Wildman–Crippen MR) is 121 cm³/mol. The van der Waals surface area contributed by atoms with E-state index in [0.29, 0.717) is 45.8 Å². The third kappa shape index (κ3) is 5.63. The van der Waals surface area contributed by atoms with Crippen LogP contribution in [0.4, 0.5) is 28.8 Å². The number of nitrogens with zero attached hydrogens (tertiary/aromatic N) is 3. The number of aryl methyl sites for hydroxylation is 1. The lowest BCUT2D eigenvalue weighted by Crippen LogP contribution is -2.09. The van der Waals surface area contributed by atoms with E-state index in [-0.39, 0.29) is 17.5 Å². The summed E-state index contributed by atoms with van der Waals surface area (Å²) in [6.07, 6.45) is 2.48. The van der Waals surface area contributed by atoms with Gasteiger partial charge in [0.05, 0.1) is 20.7 Å². The third-order valence-electron chi connectivity index (χ3n) is 4.14. The standard InChI is InChI=1S/C19H17Cl3N6O2/c20-12-3-5-13(6-4-12)26-19-25-10-16(28(29)30)18(27-19)24-7-1-2-11-8-14(21)17(23)15(22)9-11/h3-6,8-10H,1-2,7,23H2,(H2,24,25,26,27). The van der Waals surface area contributed by atoms with Crippen molar-refractivity contribution in [3.63, 3.8) is 0 Å². The van der Waals surface area contributed by atoms with Gasteiger partial charge in [0.25, 0.3) is 0 Å². The van der Waals surface area contributed by atoms with E-state index in [1.54, 1.807) is 36.4 Å². The molecule has 11 heteroatoms. The fraction of sp³-hybridized carbons (Fsp3) is 0.158. The number of nitrogen functional groups attached to an aromatic ring is 1. The molecule has 0 spiro atoms. The molecule has 0 saturated heterocycles. The van der Waals surface area contributed by atoms with E-state index in [1.807, 2.05) is 0 Å². The maximum atomic E-state index is 11.3. The molecule has 0 aliphatic heterocycles. The maximum Gasteiger partial charge on any atom is 0.329 e. The molecule has 4 N–H and O–H groups in total. The van der Waals surface area contributed by atoms with Gasteiger partial charge in [-0.15, -0.1) is 0 Å². The first-order chi connectivity index (χ1) is 14.3. The normalized spacial score (nSPS) is 10.6. The first-order valence-electron chi connectivity index (χ1n) is 8.85. The number of hydrogen-bond acceptors (Lipinski definition) is 7. The Morgan fingerprint density at radius 1 is 1.10 bits per heavy atom. The lowest BCUT2D eigenvalue weighted by molar-refractivity contribution is -0.384. The van der Waals surface area contributed by atoms with Gasteiger partial charge in [-0.05, 0) is 54.8 Å². The van der Waals surface area contributed by atoms with Crippen LogP contribution in [0, 0.1) is 10.1 Å². The SMILES string of the molecule is Nc1c(Cl)cc(CCCNc2nc(Nc3ccc(Cl)cc3)ncc2[N+](=O)[O-])cc1Cl. The summed E-state index contributed by atoms with van der Waals surface area (Å²) in [7, 11) is 0. The second kappa shape index (κ2) is 9.80. The van der Waals surface area contributed by atoms with Crippen LogP contribution in [0.3, 0.4) is 0 Å². The highest BCUT2D eigenvalue weighted by Crippen LogP contribution is 2.29. The fourth-order valence-electron chi connectivity index (χ4n) is 2.64. The third-order valence-corrected chi connectivity index (χ3v) is 5.02. The molecule has 156 valence electrons. The van der Waals surface area contributed by atoms with Crippen molar-refractivity contribution in [1.82, 2.24) is 9.97 Å². The first-order valence-corrected chi connectivity index (χ1v) is 9.98. The summed E-state index contributed by atoms with van der Waals surface area (Å²) in [4.78, 5) is 19.0. The van der Waals surface area contributed by atoms with Crippen molar-refractivity contribution < 1.29 is 4.92 Å². The van der Waals surface area contributed by atoms with Crippen LogP contribution < -0.4 is 16.4 Å². The lowest BCUT2D eigenvalue weighted by Gasteiger charge is -2.10. The Hall–Kier alpha value is -2.81. The summed E-state index contributed by atoms with van der Waals surface area (Å²) in [6, 6.07) is 10.4. The van der Waals surface area contributed by atoms with Crippen molar-refractivity contribution in [3.05, 3.63) is 73.3 Å². The largest absolute Gasteiger partial charge is 0.396 e. The van der Waals surface area contributed by atoms with Gasteiger partial charge in [0, 0.05) is 17.3 Å². The van der Waals surface area contributed by atoms with Gasteiger partial charge in [0.15, 0.2) is 0 Å². The minimum atomic E-state index is -0.534. The Morgan fingerprint density at radius 2 is 1.77 bits per heavy atom. The predicted octanol–water partition coefficient (Wildman–Crippen LogP) is 5.72. The van der Waals surface area contributed by atoms with Gasteiger partial charge in [-0.25, -0.2) is 4.98 Å². The molecule has 0 aliphatic carbocycles. The minimum absolute atomic E-state index is 0.125. The number of nitro groups is 1. The van der Waals surface area contributed by atoms with Crippen LogP contribution in [0.15, 0.2) is 42.6 Å². The van der Waals surface area contributed by atoms with Crippen LogP contribution in [-0.2, 0) is 6.42 Å². The summed E-state index contributed by atoms with van der Waals surface area (Å²) in [5, 5.41) is 18.7. The number of nitrogens with two attached hydrogens (primary N) is 1. The molecule has 3 aromatic rings. The highest BCUT2D eigenvalue weighted by molar-refractivity contribution is 6.38. The minimum Gasteiger partial charge on any atom is -0.396 e. The number of halogens is 3. The van der Waals surface area contributed by atoms with Gasteiger partial charge in [-0.2, -0.15) is 4.98 Å². The number of benzene rings is 2. The van der Waals surface area contributed by atoms with Gasteiger partial charge in [-0.1, -0.05) is 34.8 Å². The maximum absolute atomic E-state index is 11.3. The van der Waals surface area contributed by atoms with E-state index >= 15 is 0 Å². The van der Waals surface area contributed by atoms with Crippen molar-refractivity contribution in [3.8, 4) is 0 Å². The molecular weight excluding hydrogens is 451 g/mol. The van der Waals surface area contributed by atoms with Gasteiger partial charge in [0.2, 0.25) is 11.8 Å². The molecule has 0 saturated carbocycles. The number of anilines is 4. The van der Waals surface area contributed by atoms with E-state index in [9.17, 15) is 10.1 Å². The average molecular weight is 468 g/mol. The van der Waals surface area contributed by atoms with Crippen molar-refractivity contribution in [2.75, 3.05) is 22.9 Å². The highest BCUT2D eigenvalue weighted by atomic mass is 35.5. The number of rotatable bonds is 8. The molecule has 0 amide bonds. The summed E-state index contributed by atoms with van der Waals surface area (Å²) < 4.78 is 0. The highest BCUT2D eigenvalue weighted by Gasteiger charge is 2.17. The molecule has 0 bridgehead atoms. The molecule has 3 rings (SSSR count). The zero-order valence-corrected chi connectivity index (χ0v) is 17.8. The van der Waals surface area contributed by atoms with Gasteiger partial charge in [0.1, 0.15) is 6.20 Å². The molecule has 2 aromatic carbocycles. The van der Waals surface area contributed by atoms with Gasteiger partial charge >= 0.3 is 5.69 Å². The summed E-state index contributed by atoms with van der Waals surface area (Å²) >= 11 is 18.0.